The minimum absolute atomic E-state index is 0.00729. The van der Waals surface area contributed by atoms with E-state index in [1.165, 1.54) is 24.3 Å². The molecule has 1 aromatic heterocycles. The number of hydrogen-bond acceptors (Lipinski definition) is 5. The van der Waals surface area contributed by atoms with Crippen LogP contribution in [0.25, 0.3) is 0 Å². The fourth-order valence-electron chi connectivity index (χ4n) is 2.89. The summed E-state index contributed by atoms with van der Waals surface area (Å²) in [5, 5.41) is 11.0. The predicted octanol–water partition coefficient (Wildman–Crippen LogP) is 5.98. The number of benzene rings is 2. The summed E-state index contributed by atoms with van der Waals surface area (Å²) in [6.45, 7) is 4.11. The number of nitrogens with one attached hydrogen (secondary N) is 1. The number of aromatic nitrogens is 3. The molecule has 1 unspecified atom stereocenters. The van der Waals surface area contributed by atoms with Gasteiger partial charge in [-0.05, 0) is 56.3 Å². The number of ether oxygens (including phenoxy) is 1. The average molecular weight is 503 g/mol. The molecule has 1 N–H and O–H groups in total. The van der Waals surface area contributed by atoms with Crippen molar-refractivity contribution in [2.75, 3.05) is 11.1 Å². The summed E-state index contributed by atoms with van der Waals surface area (Å²) >= 11 is 6.99. The first kappa shape index (κ1) is 24.8. The molecule has 3 rings (SSSR count). The largest absolute Gasteiger partial charge is 0.483 e. The van der Waals surface area contributed by atoms with Crippen molar-refractivity contribution in [2.45, 2.75) is 37.8 Å². The second kappa shape index (κ2) is 10.4. The number of carbonyl (C=O) groups excluding carboxylic acids is 1. The lowest BCUT2D eigenvalue weighted by molar-refractivity contribution is -0.137. The molecule has 1 heterocycles. The van der Waals surface area contributed by atoms with E-state index in [2.05, 4.69) is 15.5 Å². The van der Waals surface area contributed by atoms with E-state index in [4.69, 9.17) is 16.3 Å². The van der Waals surface area contributed by atoms with Crippen LogP contribution in [0.3, 0.4) is 0 Å². The van der Waals surface area contributed by atoms with E-state index in [0.29, 0.717) is 23.3 Å². The van der Waals surface area contributed by atoms with Crippen LogP contribution in [0.4, 0.5) is 23.2 Å². The van der Waals surface area contributed by atoms with Gasteiger partial charge in [0.25, 0.3) is 0 Å². The number of thioether (sulfide) groups is 1. The van der Waals surface area contributed by atoms with E-state index in [-0.39, 0.29) is 22.3 Å². The van der Waals surface area contributed by atoms with Crippen LogP contribution in [-0.2, 0) is 17.5 Å². The highest BCUT2D eigenvalue weighted by Gasteiger charge is 2.31. The predicted molar refractivity (Wildman–Crippen MR) is 117 cm³/mol. The smallest absolute Gasteiger partial charge is 0.416 e. The molecule has 0 saturated carbocycles. The van der Waals surface area contributed by atoms with E-state index in [1.54, 1.807) is 11.5 Å². The maximum atomic E-state index is 13.1. The normalized spacial score (nSPS) is 12.5. The second-order valence-electron chi connectivity index (χ2n) is 6.83. The topological polar surface area (TPSA) is 69.0 Å². The fraction of sp³-hybridized carbons (Fsp3) is 0.286. The number of nitrogens with zero attached hydrogens (tertiary/aromatic N) is 3. The van der Waals surface area contributed by atoms with Gasteiger partial charge in [-0.1, -0.05) is 23.4 Å². The summed E-state index contributed by atoms with van der Waals surface area (Å²) in [6, 6.07) is 8.26. The molecule has 0 spiro atoms. The van der Waals surface area contributed by atoms with Crippen LogP contribution in [0, 0.1) is 5.82 Å². The van der Waals surface area contributed by atoms with Crippen molar-refractivity contribution in [1.82, 2.24) is 14.8 Å². The number of hydrogen-bond donors (Lipinski definition) is 1. The summed E-state index contributed by atoms with van der Waals surface area (Å²) < 4.78 is 59.3. The lowest BCUT2D eigenvalue weighted by atomic mass is 10.2. The van der Waals surface area contributed by atoms with Crippen molar-refractivity contribution in [3.63, 3.8) is 0 Å². The summed E-state index contributed by atoms with van der Waals surface area (Å²) in [5.74, 6) is -0.0938. The zero-order valence-corrected chi connectivity index (χ0v) is 19.1. The monoisotopic (exact) mass is 502 g/mol. The Morgan fingerprint density at radius 3 is 2.55 bits per heavy atom. The van der Waals surface area contributed by atoms with Crippen LogP contribution in [-0.4, -0.2) is 26.4 Å². The van der Waals surface area contributed by atoms with Crippen molar-refractivity contribution in [3.05, 3.63) is 64.7 Å². The highest BCUT2D eigenvalue weighted by atomic mass is 35.5. The number of halogens is 5. The summed E-state index contributed by atoms with van der Waals surface area (Å²) in [6.07, 6.45) is -5.06. The van der Waals surface area contributed by atoms with Crippen LogP contribution in [0.5, 0.6) is 5.75 Å². The molecule has 0 saturated heterocycles. The highest BCUT2D eigenvalue weighted by Crippen LogP contribution is 2.34. The number of rotatable bonds is 8. The zero-order chi connectivity index (χ0) is 24.2. The Hall–Kier alpha value is -2.79. The van der Waals surface area contributed by atoms with Gasteiger partial charge >= 0.3 is 6.18 Å². The lowest BCUT2D eigenvalue weighted by Gasteiger charge is -2.15. The van der Waals surface area contributed by atoms with E-state index in [1.807, 2.05) is 6.92 Å². The number of anilines is 1. The molecule has 12 heteroatoms. The molecule has 0 radical (unpaired) electrons. The van der Waals surface area contributed by atoms with Crippen molar-refractivity contribution in [2.24, 2.45) is 0 Å². The molecule has 0 aliphatic carbocycles. The van der Waals surface area contributed by atoms with Crippen LogP contribution < -0.4 is 10.1 Å². The Morgan fingerprint density at radius 1 is 1.21 bits per heavy atom. The standard InChI is InChI=1S/C21H19ClF4N4O2S/c1-3-30-19(12(2)32-15-7-5-14(23)6-8-15)28-29-20(30)33-11-18(31)27-17-10-13(21(24,25)26)4-9-16(17)22/h4-10,12H,3,11H2,1-2H3,(H,27,31). The number of alkyl halides is 3. The summed E-state index contributed by atoms with van der Waals surface area (Å²) in [7, 11) is 0. The summed E-state index contributed by atoms with van der Waals surface area (Å²) in [4.78, 5) is 12.3. The van der Waals surface area contributed by atoms with Crippen molar-refractivity contribution >= 4 is 35.0 Å². The van der Waals surface area contributed by atoms with Crippen LogP contribution in [0.1, 0.15) is 31.3 Å². The molecular weight excluding hydrogens is 484 g/mol. The quantitative estimate of drug-likeness (QED) is 0.303. The molecule has 1 amide bonds. The SMILES string of the molecule is CCn1c(SCC(=O)Nc2cc(C(F)(F)F)ccc2Cl)nnc1C(C)Oc1ccc(F)cc1. The Labute approximate surface area is 196 Å². The molecule has 6 nitrogen and oxygen atoms in total. The molecular formula is C21H19ClF4N4O2S. The summed E-state index contributed by atoms with van der Waals surface area (Å²) in [5.41, 5.74) is -1.04. The molecule has 0 bridgehead atoms. The third kappa shape index (κ3) is 6.38. The maximum Gasteiger partial charge on any atom is 0.416 e. The van der Waals surface area contributed by atoms with Gasteiger partial charge in [0, 0.05) is 6.54 Å². The molecule has 2 aromatic carbocycles. The van der Waals surface area contributed by atoms with E-state index < -0.39 is 23.8 Å². The number of amides is 1. The van der Waals surface area contributed by atoms with Crippen molar-refractivity contribution in [3.8, 4) is 5.75 Å². The van der Waals surface area contributed by atoms with Gasteiger partial charge in [0.1, 0.15) is 11.6 Å². The minimum atomic E-state index is -4.56. The first-order valence-corrected chi connectivity index (χ1v) is 11.1. The van der Waals surface area contributed by atoms with Gasteiger partial charge in [-0.25, -0.2) is 4.39 Å². The van der Waals surface area contributed by atoms with Gasteiger partial charge in [-0.2, -0.15) is 13.2 Å². The van der Waals surface area contributed by atoms with E-state index in [0.717, 1.165) is 30.0 Å². The molecule has 1 atom stereocenters. The van der Waals surface area contributed by atoms with Gasteiger partial charge in [-0.3, -0.25) is 4.79 Å². The molecule has 33 heavy (non-hydrogen) atoms. The van der Waals surface area contributed by atoms with Gasteiger partial charge < -0.3 is 14.6 Å². The molecule has 176 valence electrons. The third-order valence-corrected chi connectivity index (χ3v) is 5.75. The van der Waals surface area contributed by atoms with Gasteiger partial charge in [-0.15, -0.1) is 10.2 Å². The van der Waals surface area contributed by atoms with Gasteiger partial charge in [0.05, 0.1) is 22.0 Å². The minimum Gasteiger partial charge on any atom is -0.483 e. The molecule has 3 aromatic rings. The third-order valence-electron chi connectivity index (χ3n) is 4.45. The van der Waals surface area contributed by atoms with Gasteiger partial charge in [0.2, 0.25) is 5.91 Å². The molecule has 0 aliphatic rings. The second-order valence-corrected chi connectivity index (χ2v) is 8.18. The highest BCUT2D eigenvalue weighted by molar-refractivity contribution is 7.99. The van der Waals surface area contributed by atoms with Crippen LogP contribution >= 0.6 is 23.4 Å². The lowest BCUT2D eigenvalue weighted by Crippen LogP contribution is -2.16. The first-order chi connectivity index (χ1) is 15.6. The first-order valence-electron chi connectivity index (χ1n) is 9.73. The Balaban J connectivity index is 1.65. The van der Waals surface area contributed by atoms with Gasteiger partial charge in [0.15, 0.2) is 17.1 Å². The Kier molecular flexibility index (Phi) is 7.85. The van der Waals surface area contributed by atoms with Crippen LogP contribution in [0.2, 0.25) is 5.02 Å². The van der Waals surface area contributed by atoms with E-state index >= 15 is 0 Å². The maximum absolute atomic E-state index is 13.1. The Bertz CT molecular complexity index is 1120. The fourth-order valence-corrected chi connectivity index (χ4v) is 3.86. The zero-order valence-electron chi connectivity index (χ0n) is 17.5. The number of carbonyl (C=O) groups is 1. The molecule has 0 fully saturated rings. The average Bonchev–Trinajstić information content (AvgIpc) is 3.17. The Morgan fingerprint density at radius 2 is 1.91 bits per heavy atom. The van der Waals surface area contributed by atoms with Crippen LogP contribution in [0.15, 0.2) is 47.6 Å². The molecule has 0 aliphatic heterocycles. The van der Waals surface area contributed by atoms with Crippen molar-refractivity contribution in [1.29, 1.82) is 0 Å². The van der Waals surface area contributed by atoms with Crippen molar-refractivity contribution < 1.29 is 27.1 Å². The van der Waals surface area contributed by atoms with E-state index in [9.17, 15) is 22.4 Å².